The van der Waals surface area contributed by atoms with Crippen LogP contribution in [0.4, 0.5) is 0 Å². The Morgan fingerprint density at radius 1 is 1.42 bits per heavy atom. The van der Waals surface area contributed by atoms with E-state index in [0.717, 1.165) is 23.5 Å². The van der Waals surface area contributed by atoms with Gasteiger partial charge >= 0.3 is 0 Å². The first-order valence-electron chi connectivity index (χ1n) is 6.41. The van der Waals surface area contributed by atoms with Crippen molar-refractivity contribution in [3.05, 3.63) is 34.4 Å². The maximum absolute atomic E-state index is 6.25. The Balaban J connectivity index is 2.17. The van der Waals surface area contributed by atoms with Gasteiger partial charge in [0, 0.05) is 31.4 Å². The molecule has 0 saturated heterocycles. The average Bonchev–Trinajstić information content (AvgIpc) is 2.87. The van der Waals surface area contributed by atoms with Gasteiger partial charge in [0.1, 0.15) is 5.15 Å². The average molecular weight is 282 g/mol. The van der Waals surface area contributed by atoms with Crippen LogP contribution >= 0.6 is 11.6 Å². The maximum atomic E-state index is 6.25. The zero-order valence-corrected chi connectivity index (χ0v) is 12.6. The van der Waals surface area contributed by atoms with Crippen LogP contribution in [0, 0.1) is 6.92 Å². The fraction of sp³-hybridized carbons (Fsp3) is 0.538. The van der Waals surface area contributed by atoms with E-state index in [1.54, 1.807) is 4.68 Å². The number of hydrogen-bond acceptors (Lipinski definition) is 3. The van der Waals surface area contributed by atoms with Gasteiger partial charge in [-0.05, 0) is 13.0 Å². The summed E-state index contributed by atoms with van der Waals surface area (Å²) in [6, 6.07) is 2.47. The second-order valence-electron chi connectivity index (χ2n) is 4.99. The Bertz CT molecular complexity index is 555. The fourth-order valence-corrected chi connectivity index (χ4v) is 2.20. The van der Waals surface area contributed by atoms with E-state index >= 15 is 0 Å². The van der Waals surface area contributed by atoms with Crippen molar-refractivity contribution in [1.82, 2.24) is 24.9 Å². The van der Waals surface area contributed by atoms with Crippen LogP contribution in [0.2, 0.25) is 5.15 Å². The highest BCUT2D eigenvalue weighted by atomic mass is 35.5. The molecule has 0 atom stereocenters. The van der Waals surface area contributed by atoms with Gasteiger partial charge in [-0.25, -0.2) is 0 Å². The van der Waals surface area contributed by atoms with Crippen molar-refractivity contribution in [2.45, 2.75) is 39.9 Å². The van der Waals surface area contributed by atoms with Crippen LogP contribution in [0.3, 0.4) is 0 Å². The number of hydrogen-bond donors (Lipinski definition) is 1. The summed E-state index contributed by atoms with van der Waals surface area (Å²) in [6.45, 7) is 7.68. The second-order valence-corrected chi connectivity index (χ2v) is 5.35. The number of nitrogens with zero attached hydrogens (tertiary/aromatic N) is 4. The van der Waals surface area contributed by atoms with Crippen molar-refractivity contribution < 1.29 is 0 Å². The van der Waals surface area contributed by atoms with Gasteiger partial charge < -0.3 is 5.32 Å². The first kappa shape index (κ1) is 14.1. The minimum absolute atomic E-state index is 0.451. The SMILES string of the molecule is Cc1nn(C)c(Cl)c1Cn1nccc1CNC(C)C. The lowest BCUT2D eigenvalue weighted by Gasteiger charge is -2.10. The van der Waals surface area contributed by atoms with E-state index in [1.165, 1.54) is 0 Å². The molecule has 0 radical (unpaired) electrons. The molecule has 0 aliphatic carbocycles. The molecule has 0 aliphatic rings. The maximum Gasteiger partial charge on any atom is 0.132 e. The van der Waals surface area contributed by atoms with Gasteiger partial charge in [0.15, 0.2) is 0 Å². The Kier molecular flexibility index (Phi) is 4.27. The summed E-state index contributed by atoms with van der Waals surface area (Å²) in [5.74, 6) is 0. The monoisotopic (exact) mass is 281 g/mol. The summed E-state index contributed by atoms with van der Waals surface area (Å²) < 4.78 is 3.66. The number of halogens is 1. The van der Waals surface area contributed by atoms with Crippen molar-refractivity contribution >= 4 is 11.6 Å². The lowest BCUT2D eigenvalue weighted by molar-refractivity contribution is 0.546. The molecule has 0 fully saturated rings. The molecule has 0 saturated carbocycles. The molecule has 0 unspecified atom stereocenters. The summed E-state index contributed by atoms with van der Waals surface area (Å²) in [4.78, 5) is 0. The molecule has 6 heteroatoms. The molecule has 0 bridgehead atoms. The van der Waals surface area contributed by atoms with Crippen LogP contribution in [-0.4, -0.2) is 25.6 Å². The first-order chi connectivity index (χ1) is 8.99. The van der Waals surface area contributed by atoms with Crippen LogP contribution in [0.5, 0.6) is 0 Å². The molecule has 2 aromatic heterocycles. The predicted molar refractivity (Wildman–Crippen MR) is 76.3 cm³/mol. The normalized spacial score (nSPS) is 11.5. The molecule has 0 spiro atoms. The van der Waals surface area contributed by atoms with Gasteiger partial charge in [-0.15, -0.1) is 0 Å². The molecule has 2 aromatic rings. The van der Waals surface area contributed by atoms with Gasteiger partial charge in [-0.2, -0.15) is 10.2 Å². The molecule has 1 N–H and O–H groups in total. The van der Waals surface area contributed by atoms with Crippen LogP contribution in [0.1, 0.15) is 30.8 Å². The zero-order valence-electron chi connectivity index (χ0n) is 11.8. The minimum atomic E-state index is 0.451. The summed E-state index contributed by atoms with van der Waals surface area (Å²) in [6.07, 6.45) is 1.82. The van der Waals surface area contributed by atoms with Crippen molar-refractivity contribution in [1.29, 1.82) is 0 Å². The summed E-state index contributed by atoms with van der Waals surface area (Å²) in [7, 11) is 1.85. The van der Waals surface area contributed by atoms with Gasteiger partial charge in [-0.3, -0.25) is 9.36 Å². The highest BCUT2D eigenvalue weighted by molar-refractivity contribution is 6.30. The predicted octanol–water partition coefficient (Wildman–Crippen LogP) is 2.12. The number of aryl methyl sites for hydroxylation is 2. The molecule has 5 nitrogen and oxygen atoms in total. The third-order valence-corrected chi connectivity index (χ3v) is 3.55. The number of rotatable bonds is 5. The smallest absolute Gasteiger partial charge is 0.132 e. The Morgan fingerprint density at radius 2 is 2.16 bits per heavy atom. The molecular weight excluding hydrogens is 262 g/mol. The molecule has 0 aliphatic heterocycles. The zero-order chi connectivity index (χ0) is 14.0. The van der Waals surface area contributed by atoms with Crippen LogP contribution < -0.4 is 5.32 Å². The lowest BCUT2D eigenvalue weighted by Crippen LogP contribution is -2.24. The van der Waals surface area contributed by atoms with Crippen LogP contribution in [0.25, 0.3) is 0 Å². The number of nitrogens with one attached hydrogen (secondary N) is 1. The van der Waals surface area contributed by atoms with E-state index in [4.69, 9.17) is 11.6 Å². The van der Waals surface area contributed by atoms with Gasteiger partial charge in [-0.1, -0.05) is 25.4 Å². The van der Waals surface area contributed by atoms with Gasteiger partial charge in [0.2, 0.25) is 0 Å². The van der Waals surface area contributed by atoms with Crippen molar-refractivity contribution in [2.75, 3.05) is 0 Å². The van der Waals surface area contributed by atoms with E-state index in [-0.39, 0.29) is 0 Å². The van der Waals surface area contributed by atoms with Crippen molar-refractivity contribution in [3.63, 3.8) is 0 Å². The minimum Gasteiger partial charge on any atom is -0.309 e. The summed E-state index contributed by atoms with van der Waals surface area (Å²) in [5, 5.41) is 12.8. The molecule has 2 rings (SSSR count). The van der Waals surface area contributed by atoms with Crippen molar-refractivity contribution in [2.24, 2.45) is 7.05 Å². The van der Waals surface area contributed by atoms with E-state index in [9.17, 15) is 0 Å². The Labute approximate surface area is 118 Å². The third-order valence-electron chi connectivity index (χ3n) is 3.07. The van der Waals surface area contributed by atoms with E-state index in [0.29, 0.717) is 17.7 Å². The summed E-state index contributed by atoms with van der Waals surface area (Å²) >= 11 is 6.25. The number of aromatic nitrogens is 4. The van der Waals surface area contributed by atoms with E-state index in [2.05, 4.69) is 29.4 Å². The lowest BCUT2D eigenvalue weighted by atomic mass is 10.2. The van der Waals surface area contributed by atoms with E-state index < -0.39 is 0 Å². The molecule has 2 heterocycles. The van der Waals surface area contributed by atoms with Crippen LogP contribution in [-0.2, 0) is 20.1 Å². The third kappa shape index (κ3) is 3.16. The summed E-state index contributed by atoms with van der Waals surface area (Å²) in [5.41, 5.74) is 3.12. The van der Waals surface area contributed by atoms with Gasteiger partial charge in [0.05, 0.1) is 17.9 Å². The van der Waals surface area contributed by atoms with Crippen molar-refractivity contribution in [3.8, 4) is 0 Å². The topological polar surface area (TPSA) is 47.7 Å². The molecule has 0 amide bonds. The first-order valence-corrected chi connectivity index (χ1v) is 6.79. The molecular formula is C13H20ClN5. The fourth-order valence-electron chi connectivity index (χ4n) is 1.96. The quantitative estimate of drug-likeness (QED) is 0.913. The highest BCUT2D eigenvalue weighted by Gasteiger charge is 2.13. The van der Waals surface area contributed by atoms with Crippen LogP contribution in [0.15, 0.2) is 12.3 Å². The molecule has 19 heavy (non-hydrogen) atoms. The van der Waals surface area contributed by atoms with Gasteiger partial charge in [0.25, 0.3) is 0 Å². The Morgan fingerprint density at radius 3 is 2.74 bits per heavy atom. The second kappa shape index (κ2) is 5.75. The highest BCUT2D eigenvalue weighted by Crippen LogP contribution is 2.20. The molecule has 0 aromatic carbocycles. The largest absolute Gasteiger partial charge is 0.309 e. The molecule has 104 valence electrons. The standard InChI is InChI=1S/C13H20ClN5/c1-9(2)15-7-11-5-6-16-19(11)8-12-10(3)17-18(4)13(12)14/h5-6,9,15H,7-8H2,1-4H3. The Hall–Kier alpha value is -1.33. The van der Waals surface area contributed by atoms with E-state index in [1.807, 2.05) is 30.9 Å².